The third kappa shape index (κ3) is 4.31. The Bertz CT molecular complexity index is 646. The first-order chi connectivity index (χ1) is 13.3. The first kappa shape index (κ1) is 20.6. The van der Waals surface area contributed by atoms with E-state index in [1.165, 1.54) is 0 Å². The van der Waals surface area contributed by atoms with Gasteiger partial charge in [0.05, 0.1) is 0 Å². The van der Waals surface area contributed by atoms with Crippen molar-refractivity contribution in [2.75, 3.05) is 6.54 Å². The van der Waals surface area contributed by atoms with Crippen LogP contribution in [-0.2, 0) is 9.59 Å². The molecule has 1 aliphatic heterocycles. The van der Waals surface area contributed by atoms with Gasteiger partial charge in [0.25, 0.3) is 5.91 Å². The van der Waals surface area contributed by atoms with Gasteiger partial charge in [0, 0.05) is 6.04 Å². The molecule has 0 unspecified atom stereocenters. The van der Waals surface area contributed by atoms with Crippen molar-refractivity contribution in [1.82, 2.24) is 20.9 Å². The number of rotatable bonds is 4. The van der Waals surface area contributed by atoms with Crippen LogP contribution in [0.5, 0.6) is 0 Å². The Kier molecular flexibility index (Phi) is 6.25. The molecule has 2 saturated carbocycles. The standard InChI is InChI=1S/C20H32N4O4/c1-13-8-6-7-11-15(13)21-18(27)22-16(25)12-24-17(26)20(2,23-19(24)28)14-9-4-3-5-10-14/h13-15H,3-12H2,1-2H3,(H,23,28)(H2,21,22,25,27)/t13-,15-,20-/m1/s1. The van der Waals surface area contributed by atoms with Gasteiger partial charge >= 0.3 is 12.1 Å². The van der Waals surface area contributed by atoms with Crippen LogP contribution in [0.4, 0.5) is 9.59 Å². The second-order valence-electron chi connectivity index (χ2n) is 8.75. The molecule has 0 bridgehead atoms. The second-order valence-corrected chi connectivity index (χ2v) is 8.75. The first-order valence-electron chi connectivity index (χ1n) is 10.6. The van der Waals surface area contributed by atoms with Gasteiger partial charge in [0.2, 0.25) is 5.91 Å². The predicted octanol–water partition coefficient (Wildman–Crippen LogP) is 2.28. The molecule has 0 radical (unpaired) electrons. The molecule has 28 heavy (non-hydrogen) atoms. The quantitative estimate of drug-likeness (QED) is 0.638. The smallest absolute Gasteiger partial charge is 0.325 e. The van der Waals surface area contributed by atoms with Crippen LogP contribution in [-0.4, -0.2) is 46.9 Å². The van der Waals surface area contributed by atoms with Crippen LogP contribution in [0.25, 0.3) is 0 Å². The largest absolute Gasteiger partial charge is 0.335 e. The number of nitrogens with one attached hydrogen (secondary N) is 3. The second kappa shape index (κ2) is 8.49. The van der Waals surface area contributed by atoms with Crippen LogP contribution < -0.4 is 16.0 Å². The number of urea groups is 2. The molecule has 3 atom stereocenters. The molecule has 1 heterocycles. The van der Waals surface area contributed by atoms with E-state index < -0.39 is 30.1 Å². The molecule has 0 aromatic carbocycles. The number of imide groups is 2. The minimum absolute atomic E-state index is 0.0489. The van der Waals surface area contributed by atoms with E-state index in [1.807, 2.05) is 0 Å². The zero-order valence-electron chi connectivity index (χ0n) is 16.9. The van der Waals surface area contributed by atoms with Crippen molar-refractivity contribution in [3.05, 3.63) is 0 Å². The molecule has 3 fully saturated rings. The van der Waals surface area contributed by atoms with Gasteiger partial charge < -0.3 is 10.6 Å². The summed E-state index contributed by atoms with van der Waals surface area (Å²) < 4.78 is 0. The van der Waals surface area contributed by atoms with Crippen LogP contribution in [0.3, 0.4) is 0 Å². The molecule has 6 amide bonds. The van der Waals surface area contributed by atoms with E-state index in [1.54, 1.807) is 6.92 Å². The van der Waals surface area contributed by atoms with E-state index >= 15 is 0 Å². The zero-order valence-corrected chi connectivity index (χ0v) is 16.9. The van der Waals surface area contributed by atoms with E-state index in [0.717, 1.165) is 62.7 Å². The van der Waals surface area contributed by atoms with Crippen molar-refractivity contribution < 1.29 is 19.2 Å². The number of hydrogen-bond acceptors (Lipinski definition) is 4. The Morgan fingerprint density at radius 1 is 1.07 bits per heavy atom. The van der Waals surface area contributed by atoms with Crippen molar-refractivity contribution in [1.29, 1.82) is 0 Å². The van der Waals surface area contributed by atoms with Crippen molar-refractivity contribution >= 4 is 23.9 Å². The third-order valence-electron chi connectivity index (χ3n) is 6.71. The number of carbonyl (C=O) groups excluding carboxylic acids is 4. The van der Waals surface area contributed by atoms with E-state index in [9.17, 15) is 19.2 Å². The lowest BCUT2D eigenvalue weighted by Gasteiger charge is -2.34. The summed E-state index contributed by atoms with van der Waals surface area (Å²) in [5, 5.41) is 7.89. The van der Waals surface area contributed by atoms with Crippen molar-refractivity contribution in [3.8, 4) is 0 Å². The van der Waals surface area contributed by atoms with Gasteiger partial charge in [-0.1, -0.05) is 39.0 Å². The lowest BCUT2D eigenvalue weighted by molar-refractivity contribution is -0.136. The van der Waals surface area contributed by atoms with Gasteiger partial charge in [-0.15, -0.1) is 0 Å². The van der Waals surface area contributed by atoms with Crippen LogP contribution in [0, 0.1) is 11.8 Å². The Labute approximate surface area is 166 Å². The van der Waals surface area contributed by atoms with Gasteiger partial charge in [-0.25, -0.2) is 9.59 Å². The normalized spacial score (nSPS) is 31.4. The first-order valence-corrected chi connectivity index (χ1v) is 10.6. The molecule has 156 valence electrons. The molecule has 3 aliphatic rings. The minimum atomic E-state index is -0.961. The number of hydrogen-bond donors (Lipinski definition) is 3. The van der Waals surface area contributed by atoms with E-state index in [4.69, 9.17) is 0 Å². The van der Waals surface area contributed by atoms with Crippen molar-refractivity contribution in [2.45, 2.75) is 83.2 Å². The van der Waals surface area contributed by atoms with Gasteiger partial charge in [0.1, 0.15) is 12.1 Å². The fourth-order valence-electron chi connectivity index (χ4n) is 4.86. The predicted molar refractivity (Wildman–Crippen MR) is 103 cm³/mol. The fourth-order valence-corrected chi connectivity index (χ4v) is 4.86. The highest BCUT2D eigenvalue weighted by molar-refractivity contribution is 6.10. The Balaban J connectivity index is 1.54. The molecule has 8 nitrogen and oxygen atoms in total. The lowest BCUT2D eigenvalue weighted by Crippen LogP contribution is -2.52. The molecule has 2 aliphatic carbocycles. The van der Waals surface area contributed by atoms with Gasteiger partial charge in [-0.2, -0.15) is 0 Å². The van der Waals surface area contributed by atoms with Crippen molar-refractivity contribution in [3.63, 3.8) is 0 Å². The number of nitrogens with zero attached hydrogens (tertiary/aromatic N) is 1. The van der Waals surface area contributed by atoms with Crippen LogP contribution >= 0.6 is 0 Å². The van der Waals surface area contributed by atoms with Crippen LogP contribution in [0.15, 0.2) is 0 Å². The SMILES string of the molecule is C[C@@H]1CCCC[C@H]1NC(=O)NC(=O)CN1C(=O)N[C@](C)(C2CCCCC2)C1=O. The molecule has 3 rings (SSSR count). The summed E-state index contributed by atoms with van der Waals surface area (Å²) in [6.45, 7) is 3.39. The van der Waals surface area contributed by atoms with E-state index in [-0.39, 0.29) is 17.9 Å². The Hall–Kier alpha value is -2.12. The minimum Gasteiger partial charge on any atom is -0.335 e. The van der Waals surface area contributed by atoms with E-state index in [0.29, 0.717) is 5.92 Å². The maximum absolute atomic E-state index is 12.9. The summed E-state index contributed by atoms with van der Waals surface area (Å²) in [5.41, 5.74) is -0.961. The molecule has 3 N–H and O–H groups in total. The monoisotopic (exact) mass is 392 g/mol. The van der Waals surface area contributed by atoms with E-state index in [2.05, 4.69) is 22.9 Å². The summed E-state index contributed by atoms with van der Waals surface area (Å²) in [6, 6.07) is -1.08. The van der Waals surface area contributed by atoms with Crippen LogP contribution in [0.1, 0.15) is 71.6 Å². The molecule has 8 heteroatoms. The molecule has 0 spiro atoms. The summed E-state index contributed by atoms with van der Waals surface area (Å²) in [6.07, 6.45) is 9.20. The van der Waals surface area contributed by atoms with Gasteiger partial charge in [-0.3, -0.25) is 19.8 Å². The highest BCUT2D eigenvalue weighted by Gasteiger charge is 2.52. The highest BCUT2D eigenvalue weighted by atomic mass is 16.2. The summed E-state index contributed by atoms with van der Waals surface area (Å²) >= 11 is 0. The average Bonchev–Trinajstić information content (AvgIpc) is 2.88. The van der Waals surface area contributed by atoms with Gasteiger partial charge in [-0.05, 0) is 44.4 Å². The maximum Gasteiger partial charge on any atom is 0.325 e. The Morgan fingerprint density at radius 3 is 2.39 bits per heavy atom. The van der Waals surface area contributed by atoms with Gasteiger partial charge in [0.15, 0.2) is 0 Å². The Morgan fingerprint density at radius 2 is 1.71 bits per heavy atom. The molecular weight excluding hydrogens is 360 g/mol. The molecule has 1 saturated heterocycles. The summed E-state index contributed by atoms with van der Waals surface area (Å²) in [7, 11) is 0. The maximum atomic E-state index is 12.9. The lowest BCUT2D eigenvalue weighted by atomic mass is 9.75. The fraction of sp³-hybridized carbons (Fsp3) is 0.800. The average molecular weight is 393 g/mol. The third-order valence-corrected chi connectivity index (χ3v) is 6.71. The number of carbonyl (C=O) groups is 4. The molecular formula is C20H32N4O4. The molecule has 0 aromatic heterocycles. The zero-order chi connectivity index (χ0) is 20.3. The van der Waals surface area contributed by atoms with Crippen LogP contribution in [0.2, 0.25) is 0 Å². The summed E-state index contributed by atoms with van der Waals surface area (Å²) in [5.74, 6) is -0.572. The van der Waals surface area contributed by atoms with Crippen molar-refractivity contribution in [2.24, 2.45) is 11.8 Å². The topological polar surface area (TPSA) is 108 Å². The molecule has 0 aromatic rings. The summed E-state index contributed by atoms with van der Waals surface area (Å²) in [4.78, 5) is 50.5. The number of amides is 6. The highest BCUT2D eigenvalue weighted by Crippen LogP contribution is 2.36.